The predicted molar refractivity (Wildman–Crippen MR) is 66.5 cm³/mol. The zero-order chi connectivity index (χ0) is 12.4. The van der Waals surface area contributed by atoms with Crippen molar-refractivity contribution in [3.05, 3.63) is 35.1 Å². The number of rotatable bonds is 4. The fourth-order valence-electron chi connectivity index (χ4n) is 2.01. The van der Waals surface area contributed by atoms with Crippen LogP contribution in [0.2, 0.25) is 0 Å². The molecule has 2 aromatic rings. The van der Waals surface area contributed by atoms with Gasteiger partial charge in [-0.15, -0.1) is 0 Å². The maximum absolute atomic E-state index is 11.0. The molecule has 0 saturated carbocycles. The first-order valence-corrected chi connectivity index (χ1v) is 5.88. The van der Waals surface area contributed by atoms with E-state index >= 15 is 0 Å². The van der Waals surface area contributed by atoms with Gasteiger partial charge in [0.05, 0.1) is 0 Å². The summed E-state index contributed by atoms with van der Waals surface area (Å²) in [6.45, 7) is 3.95. The van der Waals surface area contributed by atoms with Crippen LogP contribution in [0.4, 0.5) is 0 Å². The van der Waals surface area contributed by atoms with Crippen LogP contribution in [0, 0.1) is 6.92 Å². The molecule has 90 valence electrons. The number of hydrogen-bond acceptors (Lipinski definition) is 2. The van der Waals surface area contributed by atoms with Crippen molar-refractivity contribution in [1.29, 1.82) is 0 Å². The Bertz CT molecular complexity index is 552. The number of aromatic carboxylic acids is 1. The first-order valence-electron chi connectivity index (χ1n) is 5.88. The summed E-state index contributed by atoms with van der Waals surface area (Å²) >= 11 is 0. The molecule has 0 aliphatic rings. The normalized spacial score (nSPS) is 10.9. The van der Waals surface area contributed by atoms with Gasteiger partial charge < -0.3 is 9.52 Å². The van der Waals surface area contributed by atoms with Crippen molar-refractivity contribution in [2.75, 3.05) is 0 Å². The van der Waals surface area contributed by atoms with Crippen molar-refractivity contribution >= 4 is 16.9 Å². The van der Waals surface area contributed by atoms with E-state index < -0.39 is 5.97 Å². The fraction of sp³-hybridized carbons (Fsp3) is 0.357. The monoisotopic (exact) mass is 232 g/mol. The molecular formula is C14H16O3. The Labute approximate surface area is 100 Å². The minimum Gasteiger partial charge on any atom is -0.475 e. The van der Waals surface area contributed by atoms with Crippen molar-refractivity contribution in [3.63, 3.8) is 0 Å². The lowest BCUT2D eigenvalue weighted by Crippen LogP contribution is -1.95. The van der Waals surface area contributed by atoms with Crippen LogP contribution in [0.5, 0.6) is 0 Å². The van der Waals surface area contributed by atoms with Gasteiger partial charge in [0.25, 0.3) is 0 Å². The molecule has 3 heteroatoms. The number of carbonyl (C=O) groups is 1. The summed E-state index contributed by atoms with van der Waals surface area (Å²) in [5.41, 5.74) is 2.60. The van der Waals surface area contributed by atoms with Gasteiger partial charge in [0.15, 0.2) is 0 Å². The number of carboxylic acids is 1. The summed E-state index contributed by atoms with van der Waals surface area (Å²) in [4.78, 5) is 11.0. The molecule has 2 rings (SSSR count). The Morgan fingerprint density at radius 2 is 2.18 bits per heavy atom. The number of furan rings is 1. The lowest BCUT2D eigenvalue weighted by Gasteiger charge is -1.99. The van der Waals surface area contributed by atoms with E-state index in [-0.39, 0.29) is 5.76 Å². The number of benzene rings is 1. The highest BCUT2D eigenvalue weighted by atomic mass is 16.4. The molecule has 17 heavy (non-hydrogen) atoms. The molecular weight excluding hydrogens is 216 g/mol. The van der Waals surface area contributed by atoms with E-state index in [0.29, 0.717) is 11.1 Å². The van der Waals surface area contributed by atoms with Crippen LogP contribution in [0.3, 0.4) is 0 Å². The smallest absolute Gasteiger partial charge is 0.372 e. The second-order valence-corrected chi connectivity index (χ2v) is 4.30. The Morgan fingerprint density at radius 1 is 1.41 bits per heavy atom. The third-order valence-electron chi connectivity index (χ3n) is 3.01. The molecule has 0 spiro atoms. The first kappa shape index (κ1) is 11.7. The van der Waals surface area contributed by atoms with Crippen LogP contribution in [0.1, 0.15) is 41.4 Å². The average Bonchev–Trinajstić information content (AvgIpc) is 2.64. The molecule has 0 amide bonds. The Balaban J connectivity index is 2.46. The lowest BCUT2D eigenvalue weighted by molar-refractivity contribution is 0.0664. The third-order valence-corrected chi connectivity index (χ3v) is 3.01. The van der Waals surface area contributed by atoms with Crippen LogP contribution in [-0.4, -0.2) is 11.1 Å². The minimum absolute atomic E-state index is 0.0487. The summed E-state index contributed by atoms with van der Waals surface area (Å²) < 4.78 is 5.32. The van der Waals surface area contributed by atoms with E-state index in [0.717, 1.165) is 24.6 Å². The number of fused-ring (bicyclic) bond motifs is 1. The molecule has 1 aromatic heterocycles. The largest absolute Gasteiger partial charge is 0.475 e. The summed E-state index contributed by atoms with van der Waals surface area (Å²) in [6.07, 6.45) is 3.33. The van der Waals surface area contributed by atoms with Crippen molar-refractivity contribution in [3.8, 4) is 0 Å². The number of hydrogen-bond donors (Lipinski definition) is 1. The number of carboxylic acid groups (broad SMARTS) is 1. The first-order chi connectivity index (χ1) is 8.13. The van der Waals surface area contributed by atoms with Gasteiger partial charge in [0.1, 0.15) is 5.58 Å². The van der Waals surface area contributed by atoms with Crippen LogP contribution < -0.4 is 0 Å². The molecule has 1 N–H and O–H groups in total. The molecule has 0 fully saturated rings. The molecule has 0 unspecified atom stereocenters. The van der Waals surface area contributed by atoms with Gasteiger partial charge in [0.2, 0.25) is 5.76 Å². The molecule has 0 aliphatic heterocycles. The van der Waals surface area contributed by atoms with Gasteiger partial charge in [-0.25, -0.2) is 4.79 Å². The summed E-state index contributed by atoms with van der Waals surface area (Å²) in [5.74, 6) is -0.957. The van der Waals surface area contributed by atoms with E-state index in [9.17, 15) is 4.79 Å². The van der Waals surface area contributed by atoms with Gasteiger partial charge in [-0.3, -0.25) is 0 Å². The zero-order valence-corrected chi connectivity index (χ0v) is 10.1. The summed E-state index contributed by atoms with van der Waals surface area (Å²) in [5, 5.41) is 9.90. The van der Waals surface area contributed by atoms with Crippen molar-refractivity contribution < 1.29 is 14.3 Å². The van der Waals surface area contributed by atoms with Crippen LogP contribution in [-0.2, 0) is 6.42 Å². The SMILES string of the molecule is CCCCc1ccc2oc(C(=O)O)c(C)c2c1. The van der Waals surface area contributed by atoms with Crippen molar-refractivity contribution in [2.45, 2.75) is 33.1 Å². The van der Waals surface area contributed by atoms with E-state index in [4.69, 9.17) is 9.52 Å². The molecule has 3 nitrogen and oxygen atoms in total. The minimum atomic E-state index is -1.01. The second kappa shape index (κ2) is 4.62. The van der Waals surface area contributed by atoms with Gasteiger partial charge in [0, 0.05) is 10.9 Å². The average molecular weight is 232 g/mol. The van der Waals surface area contributed by atoms with Crippen LogP contribution in [0.15, 0.2) is 22.6 Å². The highest BCUT2D eigenvalue weighted by Crippen LogP contribution is 2.26. The topological polar surface area (TPSA) is 50.4 Å². The number of unbranched alkanes of at least 4 members (excludes halogenated alkanes) is 1. The predicted octanol–water partition coefficient (Wildman–Crippen LogP) is 3.78. The summed E-state index contributed by atoms with van der Waals surface area (Å²) in [7, 11) is 0. The van der Waals surface area contributed by atoms with Crippen molar-refractivity contribution in [1.82, 2.24) is 0 Å². The maximum Gasteiger partial charge on any atom is 0.372 e. The molecule has 0 radical (unpaired) electrons. The van der Waals surface area contributed by atoms with E-state index in [1.807, 2.05) is 18.2 Å². The second-order valence-electron chi connectivity index (χ2n) is 4.30. The van der Waals surface area contributed by atoms with E-state index in [2.05, 4.69) is 6.92 Å². The molecule has 1 aromatic carbocycles. The number of aryl methyl sites for hydroxylation is 2. The van der Waals surface area contributed by atoms with E-state index in [1.165, 1.54) is 5.56 Å². The highest BCUT2D eigenvalue weighted by molar-refractivity contribution is 5.95. The summed E-state index contributed by atoms with van der Waals surface area (Å²) in [6, 6.07) is 5.91. The maximum atomic E-state index is 11.0. The molecule has 0 saturated heterocycles. The molecule has 0 atom stereocenters. The van der Waals surface area contributed by atoms with Gasteiger partial charge in [-0.2, -0.15) is 0 Å². The van der Waals surface area contributed by atoms with Crippen molar-refractivity contribution in [2.24, 2.45) is 0 Å². The zero-order valence-electron chi connectivity index (χ0n) is 10.1. The Kier molecular flexibility index (Phi) is 3.18. The van der Waals surface area contributed by atoms with E-state index in [1.54, 1.807) is 6.92 Å². The molecule has 0 bridgehead atoms. The van der Waals surface area contributed by atoms with Gasteiger partial charge in [-0.05, 0) is 37.5 Å². The third kappa shape index (κ3) is 2.18. The molecule has 0 aliphatic carbocycles. The van der Waals surface area contributed by atoms with Crippen LogP contribution >= 0.6 is 0 Å². The Morgan fingerprint density at radius 3 is 2.82 bits per heavy atom. The van der Waals surface area contributed by atoms with Crippen LogP contribution in [0.25, 0.3) is 11.0 Å². The highest BCUT2D eigenvalue weighted by Gasteiger charge is 2.16. The molecule has 1 heterocycles. The Hall–Kier alpha value is -1.77. The standard InChI is InChI=1S/C14H16O3/c1-3-4-5-10-6-7-12-11(8-10)9(2)13(17-12)14(15)16/h6-8H,3-5H2,1-2H3,(H,15,16). The van der Waals surface area contributed by atoms with Gasteiger partial charge >= 0.3 is 5.97 Å². The quantitative estimate of drug-likeness (QED) is 0.872. The lowest BCUT2D eigenvalue weighted by atomic mass is 10.0. The van der Waals surface area contributed by atoms with Gasteiger partial charge in [-0.1, -0.05) is 19.4 Å². The fourth-order valence-corrected chi connectivity index (χ4v) is 2.01.